The Hall–Kier alpha value is -2.63. The number of rotatable bonds is 4. The number of benzene rings is 2. The monoisotopic (exact) mass is 427 g/mol. The van der Waals surface area contributed by atoms with E-state index in [1.807, 2.05) is 11.4 Å². The second-order valence-corrected chi connectivity index (χ2v) is 8.71. The molecule has 0 radical (unpaired) electrons. The van der Waals surface area contributed by atoms with Crippen LogP contribution in [-0.4, -0.2) is 4.57 Å². The van der Waals surface area contributed by atoms with Gasteiger partial charge in [0, 0.05) is 34.8 Å². The van der Waals surface area contributed by atoms with Crippen LogP contribution >= 0.6 is 22.9 Å². The molecule has 0 unspecified atom stereocenters. The van der Waals surface area contributed by atoms with Crippen LogP contribution in [0.5, 0.6) is 11.5 Å². The molecular weight excluding hydrogens is 409 g/mol. The molecule has 0 bridgehead atoms. The number of fused-ring (bicyclic) bond motifs is 1. The highest BCUT2D eigenvalue weighted by atomic mass is 35.5. The van der Waals surface area contributed by atoms with Gasteiger partial charge in [0.2, 0.25) is 0 Å². The Bertz CT molecular complexity index is 1250. The molecule has 0 atom stereocenters. The van der Waals surface area contributed by atoms with Crippen molar-refractivity contribution in [3.63, 3.8) is 0 Å². The molecule has 2 aromatic heterocycles. The van der Waals surface area contributed by atoms with Gasteiger partial charge in [0.1, 0.15) is 21.9 Å². The van der Waals surface area contributed by atoms with Crippen LogP contribution in [0.4, 0.5) is 4.39 Å². The van der Waals surface area contributed by atoms with Crippen molar-refractivity contribution in [3.05, 3.63) is 81.0 Å². The zero-order valence-electron chi connectivity index (χ0n) is 16.2. The topological polar surface area (TPSA) is 31.2 Å². The minimum atomic E-state index is -1.51. The highest BCUT2D eigenvalue weighted by molar-refractivity contribution is 7.17. The first-order valence-electron chi connectivity index (χ1n) is 9.08. The fourth-order valence-electron chi connectivity index (χ4n) is 3.21. The minimum absolute atomic E-state index is 0.0547. The Morgan fingerprint density at radius 1 is 1.07 bits per heavy atom. The lowest BCUT2D eigenvalue weighted by molar-refractivity contribution is 0.221. The van der Waals surface area contributed by atoms with E-state index in [4.69, 9.17) is 16.3 Å². The number of thiophene rings is 1. The summed E-state index contributed by atoms with van der Waals surface area (Å²) in [4.78, 5) is 12.5. The van der Waals surface area contributed by atoms with Crippen LogP contribution in [0.1, 0.15) is 19.4 Å². The van der Waals surface area contributed by atoms with E-state index in [2.05, 4.69) is 0 Å². The molecule has 0 saturated carbocycles. The van der Waals surface area contributed by atoms with Gasteiger partial charge in [0.15, 0.2) is 0 Å². The van der Waals surface area contributed by atoms with Gasteiger partial charge >= 0.3 is 0 Å². The van der Waals surface area contributed by atoms with E-state index in [0.29, 0.717) is 26.8 Å². The molecule has 6 heteroatoms. The second kappa shape index (κ2) is 7.32. The molecule has 3 nitrogen and oxygen atoms in total. The fraction of sp³-hybridized carbons (Fsp3) is 0.174. The molecule has 0 N–H and O–H groups in total. The maximum Gasteiger partial charge on any atom is 0.268 e. The molecule has 2 heterocycles. The molecule has 4 rings (SSSR count). The number of hydrogen-bond donors (Lipinski definition) is 0. The summed E-state index contributed by atoms with van der Waals surface area (Å²) in [5.74, 6) is 1.20. The Morgan fingerprint density at radius 2 is 1.79 bits per heavy atom. The van der Waals surface area contributed by atoms with Crippen molar-refractivity contribution in [1.29, 1.82) is 0 Å². The number of ether oxygens (including phenoxy) is 1. The molecule has 0 saturated heterocycles. The summed E-state index contributed by atoms with van der Waals surface area (Å²) in [6, 6.07) is 14.3. The van der Waals surface area contributed by atoms with Gasteiger partial charge in [-0.3, -0.25) is 4.79 Å². The molecule has 0 fully saturated rings. The lowest BCUT2D eigenvalue weighted by atomic mass is 9.94. The third-order valence-electron chi connectivity index (χ3n) is 4.79. The first-order chi connectivity index (χ1) is 13.7. The Balaban J connectivity index is 1.95. The third-order valence-corrected chi connectivity index (χ3v) is 5.94. The molecule has 4 aromatic rings. The summed E-state index contributed by atoms with van der Waals surface area (Å²) in [6.07, 6.45) is 1.77. The quantitative estimate of drug-likeness (QED) is 0.354. The van der Waals surface area contributed by atoms with Gasteiger partial charge in [-0.1, -0.05) is 17.7 Å². The van der Waals surface area contributed by atoms with Crippen LogP contribution in [0.15, 0.2) is 64.9 Å². The third kappa shape index (κ3) is 3.80. The van der Waals surface area contributed by atoms with Crippen molar-refractivity contribution in [1.82, 2.24) is 4.57 Å². The predicted octanol–water partition coefficient (Wildman–Crippen LogP) is 6.92. The molecule has 0 aliphatic rings. The molecule has 2 aromatic carbocycles. The van der Waals surface area contributed by atoms with Crippen LogP contribution in [0.3, 0.4) is 0 Å². The van der Waals surface area contributed by atoms with Gasteiger partial charge in [0.25, 0.3) is 5.56 Å². The van der Waals surface area contributed by atoms with Crippen molar-refractivity contribution in [3.8, 4) is 22.6 Å². The highest BCUT2D eigenvalue weighted by Crippen LogP contribution is 2.40. The summed E-state index contributed by atoms with van der Waals surface area (Å²) in [5.41, 5.74) is 0.511. The summed E-state index contributed by atoms with van der Waals surface area (Å²) in [7, 11) is 1.72. The summed E-state index contributed by atoms with van der Waals surface area (Å²) >= 11 is 7.36. The normalized spacial score (nSPS) is 11.8. The number of aryl methyl sites for hydroxylation is 1. The zero-order chi connectivity index (χ0) is 20.8. The van der Waals surface area contributed by atoms with Crippen molar-refractivity contribution in [2.45, 2.75) is 19.5 Å². The second-order valence-electron chi connectivity index (χ2n) is 7.36. The van der Waals surface area contributed by atoms with Crippen LogP contribution < -0.4 is 10.3 Å². The van der Waals surface area contributed by atoms with E-state index in [1.165, 1.54) is 25.2 Å². The number of pyridine rings is 1. The zero-order valence-corrected chi connectivity index (χ0v) is 17.8. The molecule has 0 spiro atoms. The van der Waals surface area contributed by atoms with Crippen molar-refractivity contribution < 1.29 is 9.13 Å². The predicted molar refractivity (Wildman–Crippen MR) is 118 cm³/mol. The van der Waals surface area contributed by atoms with E-state index in [9.17, 15) is 9.18 Å². The number of halogens is 2. The molecule has 0 aliphatic carbocycles. The highest BCUT2D eigenvalue weighted by Gasteiger charge is 2.22. The van der Waals surface area contributed by atoms with Gasteiger partial charge < -0.3 is 9.30 Å². The first kappa shape index (κ1) is 19.7. The van der Waals surface area contributed by atoms with Crippen LogP contribution in [0.2, 0.25) is 5.02 Å². The number of nitrogens with zero attached hydrogens (tertiary/aromatic N) is 1. The van der Waals surface area contributed by atoms with E-state index in [1.54, 1.807) is 60.3 Å². The number of hydrogen-bond acceptors (Lipinski definition) is 3. The average molecular weight is 428 g/mol. The molecule has 148 valence electrons. The van der Waals surface area contributed by atoms with E-state index in [-0.39, 0.29) is 5.56 Å². The largest absolute Gasteiger partial charge is 0.457 e. The first-order valence-corrected chi connectivity index (χ1v) is 10.3. The molecule has 0 amide bonds. The average Bonchev–Trinajstić information content (AvgIpc) is 3.16. The lowest BCUT2D eigenvalue weighted by Gasteiger charge is -2.19. The summed E-state index contributed by atoms with van der Waals surface area (Å²) in [6.45, 7) is 3.04. The summed E-state index contributed by atoms with van der Waals surface area (Å²) in [5, 5.41) is 3.33. The van der Waals surface area contributed by atoms with E-state index >= 15 is 0 Å². The Morgan fingerprint density at radius 3 is 2.48 bits per heavy atom. The number of aromatic nitrogens is 1. The maximum atomic E-state index is 14.7. The minimum Gasteiger partial charge on any atom is -0.457 e. The van der Waals surface area contributed by atoms with Crippen LogP contribution in [0.25, 0.3) is 21.2 Å². The maximum absolute atomic E-state index is 14.7. The fourth-order valence-corrected chi connectivity index (χ4v) is 4.23. The van der Waals surface area contributed by atoms with Crippen molar-refractivity contribution in [2.24, 2.45) is 7.05 Å². The van der Waals surface area contributed by atoms with Gasteiger partial charge in [-0.2, -0.15) is 0 Å². The molecule has 0 aliphatic heterocycles. The standard InChI is InChI=1S/C23H19ClFNO2S/c1-23(2,25)14-4-9-20(28-16-7-5-15(24)6-8-16)18(12-14)19-13-26(3)22(27)21-17(19)10-11-29-21/h4-13H,1-3H3. The van der Waals surface area contributed by atoms with Crippen LogP contribution in [0, 0.1) is 0 Å². The van der Waals surface area contributed by atoms with E-state index < -0.39 is 5.67 Å². The van der Waals surface area contributed by atoms with Gasteiger partial charge in [-0.05, 0) is 67.3 Å². The molecular formula is C23H19ClFNO2S. The van der Waals surface area contributed by atoms with Gasteiger partial charge in [-0.25, -0.2) is 4.39 Å². The van der Waals surface area contributed by atoms with E-state index in [0.717, 1.165) is 16.5 Å². The Labute approximate surface area is 177 Å². The lowest BCUT2D eigenvalue weighted by Crippen LogP contribution is -2.15. The van der Waals surface area contributed by atoms with Crippen LogP contribution in [-0.2, 0) is 12.7 Å². The SMILES string of the molecule is Cn1cc(-c2cc(C(C)(C)F)ccc2Oc2ccc(Cl)cc2)c2ccsc2c1=O. The number of alkyl halides is 1. The van der Waals surface area contributed by atoms with Crippen molar-refractivity contribution in [2.75, 3.05) is 0 Å². The Kier molecular flexibility index (Phi) is 4.97. The smallest absolute Gasteiger partial charge is 0.268 e. The van der Waals surface area contributed by atoms with Gasteiger partial charge in [0.05, 0.1) is 0 Å². The molecule has 29 heavy (non-hydrogen) atoms. The van der Waals surface area contributed by atoms with Gasteiger partial charge in [-0.15, -0.1) is 11.3 Å². The van der Waals surface area contributed by atoms with Crippen molar-refractivity contribution >= 4 is 33.0 Å². The summed E-state index contributed by atoms with van der Waals surface area (Å²) < 4.78 is 23.0.